The van der Waals surface area contributed by atoms with Crippen molar-refractivity contribution >= 4 is 0 Å². The number of rotatable bonds is 5. The molecule has 1 atom stereocenters. The molecule has 1 rings (SSSR count). The first-order valence-corrected chi connectivity index (χ1v) is 4.54. The van der Waals surface area contributed by atoms with Crippen LogP contribution in [0.15, 0.2) is 6.20 Å². The third kappa shape index (κ3) is 2.78. The summed E-state index contributed by atoms with van der Waals surface area (Å²) in [6, 6.07) is -0.0301. The molecule has 74 valence electrons. The van der Waals surface area contributed by atoms with Crippen molar-refractivity contribution in [2.75, 3.05) is 6.61 Å². The van der Waals surface area contributed by atoms with Gasteiger partial charge in [0, 0.05) is 0 Å². The summed E-state index contributed by atoms with van der Waals surface area (Å²) in [4.78, 5) is 0. The molecule has 5 heteroatoms. The summed E-state index contributed by atoms with van der Waals surface area (Å²) in [6.45, 7) is 2.63. The standard InChI is InChI=1S/C8H16N4O/c1-2-3-7(9)8-6-12(4-5-13)11-10-8/h6-7,13H,2-5,9H2,1H3. The Morgan fingerprint density at radius 3 is 3.08 bits per heavy atom. The Balaban J connectivity index is 2.56. The van der Waals surface area contributed by atoms with E-state index in [0.717, 1.165) is 18.5 Å². The van der Waals surface area contributed by atoms with Gasteiger partial charge in [-0.05, 0) is 6.42 Å². The lowest BCUT2D eigenvalue weighted by atomic mass is 10.1. The number of nitrogens with two attached hydrogens (primary N) is 1. The second-order valence-electron chi connectivity index (χ2n) is 3.03. The van der Waals surface area contributed by atoms with Crippen LogP contribution >= 0.6 is 0 Å². The van der Waals surface area contributed by atoms with Crippen molar-refractivity contribution in [2.24, 2.45) is 5.73 Å². The predicted molar refractivity (Wildman–Crippen MR) is 48.9 cm³/mol. The highest BCUT2D eigenvalue weighted by Gasteiger charge is 2.08. The monoisotopic (exact) mass is 184 g/mol. The summed E-state index contributed by atoms with van der Waals surface area (Å²) in [5.74, 6) is 0. The Labute approximate surface area is 77.6 Å². The molecule has 3 N–H and O–H groups in total. The van der Waals surface area contributed by atoms with Crippen LogP contribution in [0, 0.1) is 0 Å². The summed E-state index contributed by atoms with van der Waals surface area (Å²) in [5.41, 5.74) is 6.64. The average Bonchev–Trinajstić information content (AvgIpc) is 2.54. The maximum Gasteiger partial charge on any atom is 0.0994 e. The maximum atomic E-state index is 8.65. The molecule has 0 aliphatic heterocycles. The minimum Gasteiger partial charge on any atom is -0.394 e. The van der Waals surface area contributed by atoms with Gasteiger partial charge in [0.2, 0.25) is 0 Å². The van der Waals surface area contributed by atoms with Crippen LogP contribution in [0.1, 0.15) is 31.5 Å². The molecule has 0 radical (unpaired) electrons. The van der Waals surface area contributed by atoms with Crippen LogP contribution in [-0.4, -0.2) is 26.7 Å². The molecule has 0 spiro atoms. The van der Waals surface area contributed by atoms with Crippen molar-refractivity contribution in [1.82, 2.24) is 15.0 Å². The van der Waals surface area contributed by atoms with Crippen LogP contribution in [0.2, 0.25) is 0 Å². The molecule has 0 fully saturated rings. The Morgan fingerprint density at radius 2 is 2.46 bits per heavy atom. The van der Waals surface area contributed by atoms with Crippen molar-refractivity contribution in [3.8, 4) is 0 Å². The first-order valence-electron chi connectivity index (χ1n) is 4.54. The van der Waals surface area contributed by atoms with Gasteiger partial charge in [-0.25, -0.2) is 4.68 Å². The molecule has 0 aliphatic rings. The third-order valence-electron chi connectivity index (χ3n) is 1.87. The Morgan fingerprint density at radius 1 is 1.69 bits per heavy atom. The van der Waals surface area contributed by atoms with Crippen LogP contribution in [0.4, 0.5) is 0 Å². The lowest BCUT2D eigenvalue weighted by Gasteiger charge is -2.04. The van der Waals surface area contributed by atoms with Crippen LogP contribution < -0.4 is 5.73 Å². The largest absolute Gasteiger partial charge is 0.394 e. The van der Waals surface area contributed by atoms with Crippen molar-refractivity contribution in [3.05, 3.63) is 11.9 Å². The molecular weight excluding hydrogens is 168 g/mol. The van der Waals surface area contributed by atoms with Gasteiger partial charge in [-0.1, -0.05) is 18.6 Å². The SMILES string of the molecule is CCCC(N)c1cn(CCO)nn1. The van der Waals surface area contributed by atoms with Crippen molar-refractivity contribution in [2.45, 2.75) is 32.4 Å². The fourth-order valence-corrected chi connectivity index (χ4v) is 1.15. The highest BCUT2D eigenvalue weighted by atomic mass is 16.3. The van der Waals surface area contributed by atoms with E-state index in [1.54, 1.807) is 10.9 Å². The van der Waals surface area contributed by atoms with Crippen molar-refractivity contribution in [1.29, 1.82) is 0 Å². The van der Waals surface area contributed by atoms with E-state index in [1.807, 2.05) is 0 Å². The van der Waals surface area contributed by atoms with Gasteiger partial charge in [0.05, 0.1) is 31.1 Å². The van der Waals surface area contributed by atoms with E-state index in [4.69, 9.17) is 10.8 Å². The van der Waals surface area contributed by atoms with Gasteiger partial charge >= 0.3 is 0 Å². The molecule has 13 heavy (non-hydrogen) atoms. The summed E-state index contributed by atoms with van der Waals surface area (Å²) >= 11 is 0. The highest BCUT2D eigenvalue weighted by molar-refractivity contribution is 4.99. The maximum absolute atomic E-state index is 8.65. The van der Waals surface area contributed by atoms with E-state index in [0.29, 0.717) is 6.54 Å². The molecule has 0 saturated carbocycles. The molecule has 1 aromatic rings. The smallest absolute Gasteiger partial charge is 0.0994 e. The van der Waals surface area contributed by atoms with Gasteiger partial charge in [0.15, 0.2) is 0 Å². The Hall–Kier alpha value is -0.940. The summed E-state index contributed by atoms with van der Waals surface area (Å²) < 4.78 is 1.60. The molecule has 0 bridgehead atoms. The normalized spacial score (nSPS) is 13.2. The predicted octanol–water partition coefficient (Wildman–Crippen LogP) is 0.0703. The molecule has 0 aromatic carbocycles. The minimum atomic E-state index is -0.0301. The molecular formula is C8H16N4O. The van der Waals surface area contributed by atoms with Gasteiger partial charge in [-0.15, -0.1) is 5.10 Å². The quantitative estimate of drug-likeness (QED) is 0.679. The second-order valence-corrected chi connectivity index (χ2v) is 3.03. The Kier molecular flexibility index (Phi) is 3.85. The van der Waals surface area contributed by atoms with Gasteiger partial charge < -0.3 is 10.8 Å². The molecule has 0 amide bonds. The number of hydrogen-bond acceptors (Lipinski definition) is 4. The number of aliphatic hydroxyl groups excluding tert-OH is 1. The lowest BCUT2D eigenvalue weighted by molar-refractivity contribution is 0.268. The summed E-state index contributed by atoms with van der Waals surface area (Å²) in [5, 5.41) is 16.4. The zero-order chi connectivity index (χ0) is 9.68. The molecule has 1 unspecified atom stereocenters. The average molecular weight is 184 g/mol. The van der Waals surface area contributed by atoms with Crippen LogP contribution in [0.25, 0.3) is 0 Å². The third-order valence-corrected chi connectivity index (χ3v) is 1.87. The van der Waals surface area contributed by atoms with E-state index in [2.05, 4.69) is 17.2 Å². The van der Waals surface area contributed by atoms with Gasteiger partial charge in [-0.2, -0.15) is 0 Å². The fourth-order valence-electron chi connectivity index (χ4n) is 1.15. The molecule has 0 saturated heterocycles. The molecule has 0 aliphatic carbocycles. The van der Waals surface area contributed by atoms with E-state index in [-0.39, 0.29) is 12.6 Å². The topological polar surface area (TPSA) is 77.0 Å². The Bertz CT molecular complexity index is 248. The first-order chi connectivity index (χ1) is 6.27. The zero-order valence-electron chi connectivity index (χ0n) is 7.85. The van der Waals surface area contributed by atoms with E-state index in [1.165, 1.54) is 0 Å². The lowest BCUT2D eigenvalue weighted by Crippen LogP contribution is -2.10. The number of aromatic nitrogens is 3. The summed E-state index contributed by atoms with van der Waals surface area (Å²) in [6.07, 6.45) is 3.74. The zero-order valence-corrected chi connectivity index (χ0v) is 7.85. The minimum absolute atomic E-state index is 0.0301. The molecule has 5 nitrogen and oxygen atoms in total. The van der Waals surface area contributed by atoms with E-state index in [9.17, 15) is 0 Å². The highest BCUT2D eigenvalue weighted by Crippen LogP contribution is 2.11. The number of nitrogens with zero attached hydrogens (tertiary/aromatic N) is 3. The first kappa shape index (κ1) is 10.1. The fraction of sp³-hybridized carbons (Fsp3) is 0.750. The van der Waals surface area contributed by atoms with Crippen LogP contribution in [0.3, 0.4) is 0 Å². The van der Waals surface area contributed by atoms with Gasteiger partial charge in [0.1, 0.15) is 0 Å². The van der Waals surface area contributed by atoms with Crippen molar-refractivity contribution in [3.63, 3.8) is 0 Å². The number of hydrogen-bond donors (Lipinski definition) is 2. The summed E-state index contributed by atoms with van der Waals surface area (Å²) in [7, 11) is 0. The van der Waals surface area contributed by atoms with E-state index < -0.39 is 0 Å². The number of aliphatic hydroxyl groups is 1. The van der Waals surface area contributed by atoms with E-state index >= 15 is 0 Å². The molecule has 1 heterocycles. The van der Waals surface area contributed by atoms with Crippen LogP contribution in [-0.2, 0) is 6.54 Å². The van der Waals surface area contributed by atoms with Crippen molar-refractivity contribution < 1.29 is 5.11 Å². The molecule has 1 aromatic heterocycles. The second kappa shape index (κ2) is 4.94. The van der Waals surface area contributed by atoms with Gasteiger partial charge in [-0.3, -0.25) is 0 Å². The van der Waals surface area contributed by atoms with Crippen LogP contribution in [0.5, 0.6) is 0 Å². The van der Waals surface area contributed by atoms with Gasteiger partial charge in [0.25, 0.3) is 0 Å².